The number of fused-ring (bicyclic) bond motifs is 4. The second-order valence-electron chi connectivity index (χ2n) is 6.50. The second-order valence-corrected chi connectivity index (χ2v) is 6.50. The first-order valence-electron chi connectivity index (χ1n) is 8.39. The van der Waals surface area contributed by atoms with Crippen LogP contribution in [0.2, 0.25) is 0 Å². The molecule has 2 aliphatic rings. The van der Waals surface area contributed by atoms with Crippen LogP contribution >= 0.6 is 0 Å². The van der Waals surface area contributed by atoms with Crippen molar-refractivity contribution in [1.82, 2.24) is 9.96 Å². The molecular formula is C18H15N3O7. The first kappa shape index (κ1) is 17.7. The van der Waals surface area contributed by atoms with Crippen LogP contribution < -0.4 is 0 Å². The molecule has 28 heavy (non-hydrogen) atoms. The van der Waals surface area contributed by atoms with Gasteiger partial charge >= 0.3 is 17.7 Å². The molecular weight excluding hydrogens is 370 g/mol. The van der Waals surface area contributed by atoms with Crippen molar-refractivity contribution in [2.45, 2.75) is 18.7 Å². The molecule has 2 unspecified atom stereocenters. The number of hydrogen-bond acceptors (Lipinski definition) is 6. The lowest BCUT2D eigenvalue weighted by atomic mass is 9.90. The van der Waals surface area contributed by atoms with Gasteiger partial charge in [-0.2, -0.15) is 5.06 Å². The summed E-state index contributed by atoms with van der Waals surface area (Å²) in [5.41, 5.74) is 0.600. The van der Waals surface area contributed by atoms with Crippen molar-refractivity contribution in [1.29, 1.82) is 0 Å². The van der Waals surface area contributed by atoms with Crippen LogP contribution in [-0.2, 0) is 16.2 Å². The highest BCUT2D eigenvalue weighted by molar-refractivity contribution is 5.87. The smallest absolute Gasteiger partial charge is 0.345 e. The fraction of sp³-hybridized carbons (Fsp3) is 0.222. The van der Waals surface area contributed by atoms with E-state index in [-0.39, 0.29) is 18.7 Å². The van der Waals surface area contributed by atoms with Crippen LogP contribution in [-0.4, -0.2) is 43.6 Å². The number of urea groups is 1. The summed E-state index contributed by atoms with van der Waals surface area (Å²) in [6.45, 7) is 0.123. The van der Waals surface area contributed by atoms with Gasteiger partial charge < -0.3 is 15.1 Å². The largest absolute Gasteiger partial charge is 0.502 e. The summed E-state index contributed by atoms with van der Waals surface area (Å²) >= 11 is 0. The zero-order valence-corrected chi connectivity index (χ0v) is 14.4. The van der Waals surface area contributed by atoms with E-state index in [0.29, 0.717) is 5.56 Å². The highest BCUT2D eigenvalue weighted by Gasteiger charge is 2.52. The standard InChI is InChI=1S/C18H15N3O7/c22-15-7-11-12(6-13(15)21(26)27)16(17(23)24)19-8-14(11)20(18(19)25)28-9-10-4-2-1-3-5-10/h1-7,14,16,22H,8-9H2,(H,23,24). The number of carboxylic acid groups (broad SMARTS) is 1. The maximum absolute atomic E-state index is 12.8. The van der Waals surface area contributed by atoms with Crippen molar-refractivity contribution in [3.63, 3.8) is 0 Å². The summed E-state index contributed by atoms with van der Waals surface area (Å²) < 4.78 is 0. The molecule has 4 rings (SSSR count). The number of aromatic hydroxyl groups is 1. The third-order valence-corrected chi connectivity index (χ3v) is 4.88. The third kappa shape index (κ3) is 2.70. The molecule has 0 saturated carbocycles. The van der Waals surface area contributed by atoms with E-state index < -0.39 is 40.4 Å². The molecule has 2 aliphatic heterocycles. The molecule has 2 aromatic rings. The van der Waals surface area contributed by atoms with Gasteiger partial charge in [-0.05, 0) is 22.8 Å². The van der Waals surface area contributed by atoms with Crippen LogP contribution in [0, 0.1) is 10.1 Å². The van der Waals surface area contributed by atoms with Gasteiger partial charge in [0.05, 0.1) is 11.5 Å². The summed E-state index contributed by atoms with van der Waals surface area (Å²) in [6, 6.07) is 8.53. The molecule has 1 fully saturated rings. The zero-order valence-electron chi connectivity index (χ0n) is 14.4. The van der Waals surface area contributed by atoms with Gasteiger partial charge in [0, 0.05) is 6.07 Å². The number of aliphatic carboxylic acids is 1. The van der Waals surface area contributed by atoms with Crippen LogP contribution in [0.25, 0.3) is 0 Å². The number of nitro benzene ring substituents is 1. The van der Waals surface area contributed by atoms with E-state index in [1.165, 1.54) is 0 Å². The number of phenolic OH excluding ortho intramolecular Hbond substituents is 1. The summed E-state index contributed by atoms with van der Waals surface area (Å²) in [7, 11) is 0. The molecule has 0 spiro atoms. The SMILES string of the molecule is O=C(O)C1c2cc([N+](=O)[O-])c(O)cc2C2CN1C(=O)N2OCc1ccccc1. The summed E-state index contributed by atoms with van der Waals surface area (Å²) in [6.07, 6.45) is 0. The average Bonchev–Trinajstić information content (AvgIpc) is 2.93. The van der Waals surface area contributed by atoms with Crippen molar-refractivity contribution >= 4 is 17.7 Å². The molecule has 0 radical (unpaired) electrons. The molecule has 1 saturated heterocycles. The van der Waals surface area contributed by atoms with Crippen molar-refractivity contribution in [3.05, 3.63) is 69.3 Å². The molecule has 2 amide bonds. The maximum Gasteiger partial charge on any atom is 0.345 e. The van der Waals surface area contributed by atoms with Gasteiger partial charge in [0.2, 0.25) is 0 Å². The maximum atomic E-state index is 12.8. The molecule has 2 bridgehead atoms. The Hall–Kier alpha value is -3.66. The number of carboxylic acids is 1. The predicted molar refractivity (Wildman–Crippen MR) is 93.1 cm³/mol. The highest BCUT2D eigenvalue weighted by Crippen LogP contribution is 2.47. The monoisotopic (exact) mass is 385 g/mol. The van der Waals surface area contributed by atoms with Gasteiger partial charge in [-0.25, -0.2) is 9.59 Å². The number of nitro groups is 1. The Balaban J connectivity index is 1.73. The van der Waals surface area contributed by atoms with E-state index in [1.54, 1.807) is 0 Å². The number of benzene rings is 2. The minimum Gasteiger partial charge on any atom is -0.502 e. The lowest BCUT2D eigenvalue weighted by Gasteiger charge is -2.30. The van der Waals surface area contributed by atoms with E-state index in [2.05, 4.69) is 0 Å². The van der Waals surface area contributed by atoms with Gasteiger partial charge in [-0.1, -0.05) is 30.3 Å². The Bertz CT molecular complexity index is 979. The van der Waals surface area contributed by atoms with Crippen LogP contribution in [0.5, 0.6) is 5.75 Å². The van der Waals surface area contributed by atoms with Gasteiger partial charge in [-0.15, -0.1) is 0 Å². The van der Waals surface area contributed by atoms with Crippen LogP contribution in [0.1, 0.15) is 28.8 Å². The van der Waals surface area contributed by atoms with Crippen LogP contribution in [0.4, 0.5) is 10.5 Å². The molecule has 2 atom stereocenters. The second kappa shape index (κ2) is 6.50. The molecule has 144 valence electrons. The van der Waals surface area contributed by atoms with E-state index in [4.69, 9.17) is 4.84 Å². The number of amides is 2. The lowest BCUT2D eigenvalue weighted by Crippen LogP contribution is -2.38. The summed E-state index contributed by atoms with van der Waals surface area (Å²) in [4.78, 5) is 41.7. The Morgan fingerprint density at radius 2 is 1.96 bits per heavy atom. The minimum atomic E-state index is -1.40. The number of carbonyl (C=O) groups excluding carboxylic acids is 1. The van der Waals surface area contributed by atoms with Gasteiger partial charge in [0.25, 0.3) is 0 Å². The predicted octanol–water partition coefficient (Wildman–Crippen LogP) is 2.35. The number of nitrogens with zero attached hydrogens (tertiary/aromatic N) is 3. The summed E-state index contributed by atoms with van der Waals surface area (Å²) in [5.74, 6) is -1.92. The normalized spacial score (nSPS) is 20.2. The first-order chi connectivity index (χ1) is 13.4. The molecule has 0 aliphatic carbocycles. The molecule has 2 heterocycles. The number of phenols is 1. The summed E-state index contributed by atoms with van der Waals surface area (Å²) in [5, 5.41) is 31.8. The Morgan fingerprint density at radius 3 is 2.61 bits per heavy atom. The third-order valence-electron chi connectivity index (χ3n) is 4.88. The van der Waals surface area contributed by atoms with Gasteiger partial charge in [0.15, 0.2) is 11.8 Å². The molecule has 2 aromatic carbocycles. The van der Waals surface area contributed by atoms with E-state index in [1.807, 2.05) is 30.3 Å². The van der Waals surface area contributed by atoms with Crippen molar-refractivity contribution in [2.75, 3.05) is 6.54 Å². The Morgan fingerprint density at radius 1 is 1.25 bits per heavy atom. The van der Waals surface area contributed by atoms with E-state index in [0.717, 1.165) is 27.7 Å². The minimum absolute atomic E-state index is 0.0365. The zero-order chi connectivity index (χ0) is 20.0. The molecule has 10 nitrogen and oxygen atoms in total. The number of carbonyl (C=O) groups is 2. The first-order valence-corrected chi connectivity index (χ1v) is 8.39. The lowest BCUT2D eigenvalue weighted by molar-refractivity contribution is -0.386. The fourth-order valence-electron chi connectivity index (χ4n) is 3.62. The van der Waals surface area contributed by atoms with E-state index in [9.17, 15) is 29.9 Å². The fourth-order valence-corrected chi connectivity index (χ4v) is 3.62. The number of rotatable bonds is 5. The van der Waals surface area contributed by atoms with Crippen LogP contribution in [0.15, 0.2) is 42.5 Å². The quantitative estimate of drug-likeness (QED) is 0.596. The van der Waals surface area contributed by atoms with E-state index >= 15 is 0 Å². The number of hydroxylamine groups is 2. The Labute approximate surface area is 158 Å². The van der Waals surface area contributed by atoms with Crippen LogP contribution in [0.3, 0.4) is 0 Å². The molecule has 10 heteroatoms. The molecule has 2 N–H and O–H groups in total. The van der Waals surface area contributed by atoms with Crippen molar-refractivity contribution in [2.24, 2.45) is 0 Å². The number of hydrogen-bond donors (Lipinski definition) is 2. The van der Waals surface area contributed by atoms with Crippen molar-refractivity contribution in [3.8, 4) is 5.75 Å². The Kier molecular flexibility index (Phi) is 4.12. The van der Waals surface area contributed by atoms with Crippen molar-refractivity contribution < 1.29 is 29.6 Å². The highest BCUT2D eigenvalue weighted by atomic mass is 16.7. The topological polar surface area (TPSA) is 133 Å². The average molecular weight is 385 g/mol. The molecule has 0 aromatic heterocycles. The van der Waals surface area contributed by atoms with Gasteiger partial charge in [0.1, 0.15) is 12.6 Å². The van der Waals surface area contributed by atoms with Gasteiger partial charge in [-0.3, -0.25) is 15.0 Å².